The van der Waals surface area contributed by atoms with E-state index < -0.39 is 29.4 Å². The van der Waals surface area contributed by atoms with Crippen LogP contribution in [-0.2, 0) is 9.53 Å². The van der Waals surface area contributed by atoms with Gasteiger partial charge in [-0.1, -0.05) is 13.8 Å². The number of amides is 3. The molecular formula is C14H18N4O6. The van der Waals surface area contributed by atoms with Gasteiger partial charge in [0.05, 0.1) is 16.2 Å². The molecule has 4 N–H and O–H groups in total. The number of anilines is 1. The van der Waals surface area contributed by atoms with E-state index in [0.29, 0.717) is 6.54 Å². The maximum absolute atomic E-state index is 11.8. The van der Waals surface area contributed by atoms with Crippen molar-refractivity contribution in [2.75, 3.05) is 18.9 Å². The van der Waals surface area contributed by atoms with Gasteiger partial charge >= 0.3 is 12.0 Å². The van der Waals surface area contributed by atoms with Crippen molar-refractivity contribution in [3.8, 4) is 0 Å². The van der Waals surface area contributed by atoms with Crippen molar-refractivity contribution in [1.82, 2.24) is 10.6 Å². The summed E-state index contributed by atoms with van der Waals surface area (Å²) in [5.41, 5.74) is 5.01. The fourth-order valence-electron chi connectivity index (χ4n) is 1.56. The summed E-state index contributed by atoms with van der Waals surface area (Å²) in [4.78, 5) is 44.6. The molecule has 0 unspecified atom stereocenters. The summed E-state index contributed by atoms with van der Waals surface area (Å²) in [7, 11) is 0. The van der Waals surface area contributed by atoms with Crippen molar-refractivity contribution in [2.24, 2.45) is 5.92 Å². The van der Waals surface area contributed by atoms with Crippen LogP contribution < -0.4 is 16.4 Å². The molecule has 0 radical (unpaired) electrons. The van der Waals surface area contributed by atoms with Gasteiger partial charge in [-0.05, 0) is 12.0 Å². The number of nitrogens with one attached hydrogen (secondary N) is 2. The van der Waals surface area contributed by atoms with Gasteiger partial charge in [0.1, 0.15) is 0 Å². The minimum atomic E-state index is -0.930. The summed E-state index contributed by atoms with van der Waals surface area (Å²) >= 11 is 0. The van der Waals surface area contributed by atoms with Gasteiger partial charge in [-0.3, -0.25) is 20.2 Å². The molecule has 0 fully saturated rings. The molecule has 130 valence electrons. The number of nitrogens with zero attached hydrogens (tertiary/aromatic N) is 1. The zero-order valence-corrected chi connectivity index (χ0v) is 13.2. The minimum absolute atomic E-state index is 0.113. The van der Waals surface area contributed by atoms with Crippen molar-refractivity contribution in [2.45, 2.75) is 13.8 Å². The second-order valence-corrected chi connectivity index (χ2v) is 5.26. The first kappa shape index (κ1) is 18.9. The number of imide groups is 1. The van der Waals surface area contributed by atoms with E-state index in [4.69, 9.17) is 10.5 Å². The van der Waals surface area contributed by atoms with Crippen LogP contribution >= 0.6 is 0 Å². The van der Waals surface area contributed by atoms with E-state index in [2.05, 4.69) is 5.32 Å². The normalized spacial score (nSPS) is 10.1. The molecule has 0 saturated heterocycles. The van der Waals surface area contributed by atoms with Crippen molar-refractivity contribution < 1.29 is 24.0 Å². The van der Waals surface area contributed by atoms with Crippen LogP contribution in [0.5, 0.6) is 0 Å². The number of urea groups is 1. The predicted molar refractivity (Wildman–Crippen MR) is 84.2 cm³/mol. The number of non-ortho nitro benzene ring substituents is 1. The number of benzene rings is 1. The van der Waals surface area contributed by atoms with E-state index in [-0.39, 0.29) is 22.9 Å². The molecule has 10 nitrogen and oxygen atoms in total. The Morgan fingerprint density at radius 1 is 1.33 bits per heavy atom. The Kier molecular flexibility index (Phi) is 6.65. The summed E-state index contributed by atoms with van der Waals surface area (Å²) in [5, 5.41) is 15.0. The molecule has 0 atom stereocenters. The highest BCUT2D eigenvalue weighted by Gasteiger charge is 2.17. The topological polar surface area (TPSA) is 154 Å². The molecule has 0 spiro atoms. The van der Waals surface area contributed by atoms with Crippen LogP contribution in [0.25, 0.3) is 0 Å². The number of hydrogen-bond acceptors (Lipinski definition) is 7. The molecule has 1 aromatic rings. The molecule has 1 rings (SSSR count). The van der Waals surface area contributed by atoms with Gasteiger partial charge in [0.2, 0.25) is 0 Å². The van der Waals surface area contributed by atoms with Crippen molar-refractivity contribution >= 4 is 29.3 Å². The molecule has 1 aromatic carbocycles. The van der Waals surface area contributed by atoms with Gasteiger partial charge in [0.15, 0.2) is 6.61 Å². The van der Waals surface area contributed by atoms with Crippen LogP contribution in [0, 0.1) is 16.0 Å². The first-order chi connectivity index (χ1) is 11.2. The van der Waals surface area contributed by atoms with E-state index in [0.717, 1.165) is 18.2 Å². The summed E-state index contributed by atoms with van der Waals surface area (Å²) in [6, 6.07) is 2.53. The van der Waals surface area contributed by atoms with E-state index in [9.17, 15) is 24.5 Å². The summed E-state index contributed by atoms with van der Waals surface area (Å²) < 4.78 is 4.72. The largest absolute Gasteiger partial charge is 0.452 e. The van der Waals surface area contributed by atoms with Gasteiger partial charge in [-0.2, -0.15) is 0 Å². The maximum atomic E-state index is 11.8. The minimum Gasteiger partial charge on any atom is -0.452 e. The quantitative estimate of drug-likeness (QED) is 0.300. The molecule has 0 saturated carbocycles. The molecule has 0 heterocycles. The van der Waals surface area contributed by atoms with Crippen molar-refractivity contribution in [3.63, 3.8) is 0 Å². The maximum Gasteiger partial charge on any atom is 0.340 e. The molecule has 0 bridgehead atoms. The van der Waals surface area contributed by atoms with Gasteiger partial charge in [0, 0.05) is 18.7 Å². The number of nitrogen functional groups attached to an aromatic ring is 1. The van der Waals surface area contributed by atoms with Crippen molar-refractivity contribution in [3.05, 3.63) is 33.9 Å². The highest BCUT2D eigenvalue weighted by atomic mass is 16.6. The Hall–Kier alpha value is -3.17. The number of nitro groups is 1. The molecular weight excluding hydrogens is 320 g/mol. The lowest BCUT2D eigenvalue weighted by molar-refractivity contribution is -0.384. The third-order valence-electron chi connectivity index (χ3n) is 2.72. The Morgan fingerprint density at radius 3 is 2.54 bits per heavy atom. The Labute approximate surface area is 137 Å². The molecule has 10 heteroatoms. The third-order valence-corrected chi connectivity index (χ3v) is 2.72. The highest BCUT2D eigenvalue weighted by Crippen LogP contribution is 2.20. The Bertz CT molecular complexity index is 659. The van der Waals surface area contributed by atoms with E-state index in [1.807, 2.05) is 19.2 Å². The Morgan fingerprint density at radius 2 is 2.00 bits per heavy atom. The van der Waals surface area contributed by atoms with E-state index in [1.165, 1.54) is 0 Å². The smallest absolute Gasteiger partial charge is 0.340 e. The van der Waals surface area contributed by atoms with Crippen molar-refractivity contribution in [1.29, 1.82) is 0 Å². The lowest BCUT2D eigenvalue weighted by atomic mass is 10.1. The van der Waals surface area contributed by atoms with Crippen LogP contribution in [0.4, 0.5) is 16.2 Å². The standard InChI is InChI=1S/C14H18N4O6/c1-8(2)6-16-14(21)17-12(19)7-24-13(20)10-4-3-9(18(22)23)5-11(10)15/h3-5,8H,6-7,15H2,1-2H3,(H2,16,17,19,21). The van der Waals surface area contributed by atoms with Crippen LogP contribution in [0.3, 0.4) is 0 Å². The number of esters is 1. The third kappa shape index (κ3) is 5.91. The molecule has 3 amide bonds. The second-order valence-electron chi connectivity index (χ2n) is 5.26. The molecule has 0 aromatic heterocycles. The SMILES string of the molecule is CC(C)CNC(=O)NC(=O)COC(=O)c1ccc([N+](=O)[O-])cc1N. The van der Waals surface area contributed by atoms with Gasteiger partial charge in [-0.15, -0.1) is 0 Å². The molecule has 0 aliphatic carbocycles. The number of hydrogen-bond donors (Lipinski definition) is 3. The number of rotatable bonds is 6. The Balaban J connectivity index is 2.52. The van der Waals surface area contributed by atoms with E-state index in [1.54, 1.807) is 0 Å². The van der Waals surface area contributed by atoms with Crippen LogP contribution in [0.1, 0.15) is 24.2 Å². The number of nitro benzene ring substituents is 1. The fraction of sp³-hybridized carbons (Fsp3) is 0.357. The second kappa shape index (κ2) is 8.46. The number of nitrogens with two attached hydrogens (primary N) is 1. The van der Waals surface area contributed by atoms with Gasteiger partial charge in [0.25, 0.3) is 11.6 Å². The highest BCUT2D eigenvalue weighted by molar-refractivity contribution is 5.99. The predicted octanol–water partition coefficient (Wildman–Crippen LogP) is 0.816. The first-order valence-electron chi connectivity index (χ1n) is 6.99. The van der Waals surface area contributed by atoms with Gasteiger partial charge < -0.3 is 15.8 Å². The zero-order chi connectivity index (χ0) is 18.3. The summed E-state index contributed by atoms with van der Waals surface area (Å²) in [5.74, 6) is -1.53. The zero-order valence-electron chi connectivity index (χ0n) is 13.2. The lowest BCUT2D eigenvalue weighted by Gasteiger charge is -2.09. The van der Waals surface area contributed by atoms with Crippen LogP contribution in [-0.4, -0.2) is 36.0 Å². The molecule has 24 heavy (non-hydrogen) atoms. The van der Waals surface area contributed by atoms with Crippen LogP contribution in [0.2, 0.25) is 0 Å². The number of carbonyl (C=O) groups excluding carboxylic acids is 3. The lowest BCUT2D eigenvalue weighted by Crippen LogP contribution is -2.42. The monoisotopic (exact) mass is 338 g/mol. The first-order valence-corrected chi connectivity index (χ1v) is 6.99. The van der Waals surface area contributed by atoms with Gasteiger partial charge in [-0.25, -0.2) is 9.59 Å². The average molecular weight is 338 g/mol. The number of ether oxygens (including phenoxy) is 1. The molecule has 0 aliphatic heterocycles. The summed E-state index contributed by atoms with van der Waals surface area (Å²) in [6.45, 7) is 3.47. The fourth-order valence-corrected chi connectivity index (χ4v) is 1.56. The summed E-state index contributed by atoms with van der Waals surface area (Å²) in [6.07, 6.45) is 0. The average Bonchev–Trinajstić information content (AvgIpc) is 2.50. The number of carbonyl (C=O) groups is 3. The van der Waals surface area contributed by atoms with E-state index >= 15 is 0 Å². The van der Waals surface area contributed by atoms with Crippen LogP contribution in [0.15, 0.2) is 18.2 Å². The molecule has 0 aliphatic rings.